The second-order valence-corrected chi connectivity index (χ2v) is 6.79. The van der Waals surface area contributed by atoms with Crippen LogP contribution in [0.4, 0.5) is 5.69 Å². The second-order valence-electron chi connectivity index (χ2n) is 5.75. The van der Waals surface area contributed by atoms with E-state index in [2.05, 4.69) is 15.5 Å². The lowest BCUT2D eigenvalue weighted by Gasteiger charge is -2.07. The lowest BCUT2D eigenvalue weighted by atomic mass is 10.1. The average Bonchev–Trinajstić information content (AvgIpc) is 3.07. The van der Waals surface area contributed by atoms with Gasteiger partial charge in [-0.3, -0.25) is 4.79 Å². The highest BCUT2D eigenvalue weighted by Gasteiger charge is 2.06. The molecule has 134 valence electrons. The second kappa shape index (κ2) is 8.53. The monoisotopic (exact) mass is 368 g/mol. The van der Waals surface area contributed by atoms with Crippen molar-refractivity contribution in [1.82, 2.24) is 14.8 Å². The van der Waals surface area contributed by atoms with Crippen LogP contribution in [0.3, 0.4) is 0 Å². The van der Waals surface area contributed by atoms with Crippen LogP contribution < -0.4 is 10.1 Å². The number of aromatic nitrogens is 3. The normalized spacial score (nSPS) is 10.5. The number of nitrogens with zero attached hydrogens (tertiary/aromatic N) is 3. The van der Waals surface area contributed by atoms with Crippen molar-refractivity contribution in [3.8, 4) is 5.75 Å². The molecule has 7 heteroatoms. The molecular weight excluding hydrogens is 348 g/mol. The van der Waals surface area contributed by atoms with E-state index in [0.717, 1.165) is 27.1 Å². The van der Waals surface area contributed by atoms with E-state index >= 15 is 0 Å². The van der Waals surface area contributed by atoms with E-state index in [4.69, 9.17) is 4.74 Å². The highest BCUT2D eigenvalue weighted by molar-refractivity contribution is 7.99. The Balaban J connectivity index is 1.50. The molecule has 0 aliphatic carbocycles. The molecule has 0 aliphatic heterocycles. The summed E-state index contributed by atoms with van der Waals surface area (Å²) in [6.07, 6.45) is 2.79. The van der Waals surface area contributed by atoms with E-state index in [-0.39, 0.29) is 5.91 Å². The first-order valence-corrected chi connectivity index (χ1v) is 9.00. The number of anilines is 1. The maximum atomic E-state index is 12.1. The molecule has 0 fully saturated rings. The first-order chi connectivity index (χ1) is 12.6. The number of hydrogen-bond donors (Lipinski definition) is 1. The highest BCUT2D eigenvalue weighted by Crippen LogP contribution is 2.26. The molecule has 0 unspecified atom stereocenters. The SMILES string of the molecule is COc1ccc(CCC(=O)Nc2ccc(Sc3nncn3C)cc2)cc1. The van der Waals surface area contributed by atoms with Crippen molar-refractivity contribution >= 4 is 23.4 Å². The Labute approximate surface area is 156 Å². The molecule has 0 bridgehead atoms. The van der Waals surface area contributed by atoms with Crippen LogP contribution in [0.1, 0.15) is 12.0 Å². The Bertz CT molecular complexity index is 860. The van der Waals surface area contributed by atoms with Crippen LogP contribution in [0, 0.1) is 0 Å². The standard InChI is InChI=1S/C19H20N4O2S/c1-23-13-20-22-19(23)26-17-10-6-15(7-11-17)21-18(24)12-5-14-3-8-16(25-2)9-4-14/h3-4,6-11,13H,5,12H2,1-2H3,(H,21,24). The van der Waals surface area contributed by atoms with Gasteiger partial charge in [0.2, 0.25) is 5.91 Å². The summed E-state index contributed by atoms with van der Waals surface area (Å²) in [5, 5.41) is 11.6. The van der Waals surface area contributed by atoms with E-state index in [1.54, 1.807) is 13.4 Å². The third-order valence-corrected chi connectivity index (χ3v) is 4.88. The van der Waals surface area contributed by atoms with Crippen molar-refractivity contribution in [2.45, 2.75) is 22.9 Å². The molecule has 0 spiro atoms. The fraction of sp³-hybridized carbons (Fsp3) is 0.211. The number of benzene rings is 2. The zero-order valence-electron chi connectivity index (χ0n) is 14.7. The minimum atomic E-state index is -0.00507. The van der Waals surface area contributed by atoms with Crippen molar-refractivity contribution in [2.75, 3.05) is 12.4 Å². The summed E-state index contributed by atoms with van der Waals surface area (Å²) in [5.74, 6) is 0.812. The average molecular weight is 368 g/mol. The van der Waals surface area contributed by atoms with Gasteiger partial charge < -0.3 is 14.6 Å². The van der Waals surface area contributed by atoms with Gasteiger partial charge in [-0.1, -0.05) is 12.1 Å². The van der Waals surface area contributed by atoms with Crippen LogP contribution in [0.2, 0.25) is 0 Å². The van der Waals surface area contributed by atoms with Crippen LogP contribution in [0.15, 0.2) is 64.9 Å². The van der Waals surface area contributed by atoms with Crippen LogP contribution in [0.5, 0.6) is 5.75 Å². The number of methoxy groups -OCH3 is 1. The molecule has 3 rings (SSSR count). The summed E-state index contributed by atoms with van der Waals surface area (Å²) in [4.78, 5) is 13.2. The minimum absolute atomic E-state index is 0.00507. The zero-order chi connectivity index (χ0) is 18.4. The van der Waals surface area contributed by atoms with Gasteiger partial charge in [0.15, 0.2) is 5.16 Å². The van der Waals surface area contributed by atoms with Gasteiger partial charge in [-0.2, -0.15) is 0 Å². The molecule has 2 aromatic carbocycles. The maximum Gasteiger partial charge on any atom is 0.224 e. The van der Waals surface area contributed by atoms with Gasteiger partial charge in [-0.25, -0.2) is 0 Å². The maximum absolute atomic E-state index is 12.1. The fourth-order valence-electron chi connectivity index (χ4n) is 2.35. The van der Waals surface area contributed by atoms with Gasteiger partial charge in [-0.15, -0.1) is 10.2 Å². The van der Waals surface area contributed by atoms with Gasteiger partial charge >= 0.3 is 0 Å². The Morgan fingerprint density at radius 2 is 1.88 bits per heavy atom. The summed E-state index contributed by atoms with van der Waals surface area (Å²) in [5.41, 5.74) is 1.89. The Hall–Kier alpha value is -2.80. The molecule has 0 saturated carbocycles. The predicted molar refractivity (Wildman–Crippen MR) is 102 cm³/mol. The topological polar surface area (TPSA) is 69.0 Å². The molecule has 1 aromatic heterocycles. The number of amides is 1. The molecule has 0 aliphatic rings. The third kappa shape index (κ3) is 4.86. The smallest absolute Gasteiger partial charge is 0.224 e. The summed E-state index contributed by atoms with van der Waals surface area (Å²) in [6, 6.07) is 15.5. The van der Waals surface area contributed by atoms with Crippen LogP contribution in [0.25, 0.3) is 0 Å². The van der Waals surface area contributed by atoms with Crippen molar-refractivity contribution < 1.29 is 9.53 Å². The first kappa shape index (κ1) is 18.0. The third-order valence-electron chi connectivity index (χ3n) is 3.82. The van der Waals surface area contributed by atoms with E-state index in [1.807, 2.05) is 60.1 Å². The Morgan fingerprint density at radius 3 is 2.50 bits per heavy atom. The van der Waals surface area contributed by atoms with Crippen molar-refractivity contribution in [3.63, 3.8) is 0 Å². The Kier molecular flexibility index (Phi) is 5.91. The number of hydrogen-bond acceptors (Lipinski definition) is 5. The fourth-order valence-corrected chi connectivity index (χ4v) is 3.11. The van der Waals surface area contributed by atoms with Gasteiger partial charge in [0.1, 0.15) is 12.1 Å². The number of ether oxygens (including phenoxy) is 1. The molecular formula is C19H20N4O2S. The predicted octanol–water partition coefficient (Wildman–Crippen LogP) is 3.55. The number of carbonyl (C=O) groups excluding carboxylic acids is 1. The van der Waals surface area contributed by atoms with Crippen LogP contribution >= 0.6 is 11.8 Å². The lowest BCUT2D eigenvalue weighted by molar-refractivity contribution is -0.116. The molecule has 1 N–H and O–H groups in total. The van der Waals surface area contributed by atoms with E-state index in [9.17, 15) is 4.79 Å². The van der Waals surface area contributed by atoms with E-state index in [0.29, 0.717) is 12.8 Å². The molecule has 0 radical (unpaired) electrons. The quantitative estimate of drug-likeness (QED) is 0.691. The Morgan fingerprint density at radius 1 is 1.15 bits per heavy atom. The van der Waals surface area contributed by atoms with Gasteiger partial charge in [0.05, 0.1) is 7.11 Å². The summed E-state index contributed by atoms with van der Waals surface area (Å²) in [7, 11) is 3.54. The molecule has 0 saturated heterocycles. The first-order valence-electron chi connectivity index (χ1n) is 8.19. The van der Waals surface area contributed by atoms with E-state index in [1.165, 1.54) is 11.8 Å². The summed E-state index contributed by atoms with van der Waals surface area (Å²) < 4.78 is 6.99. The van der Waals surface area contributed by atoms with Crippen molar-refractivity contribution in [2.24, 2.45) is 7.05 Å². The molecule has 1 amide bonds. The highest BCUT2D eigenvalue weighted by atomic mass is 32.2. The summed E-state index contributed by atoms with van der Waals surface area (Å²) in [6.45, 7) is 0. The molecule has 3 aromatic rings. The van der Waals surface area contributed by atoms with Crippen LogP contribution in [-0.4, -0.2) is 27.8 Å². The van der Waals surface area contributed by atoms with Crippen LogP contribution in [-0.2, 0) is 18.3 Å². The molecule has 26 heavy (non-hydrogen) atoms. The van der Waals surface area contributed by atoms with Gasteiger partial charge in [0, 0.05) is 24.1 Å². The van der Waals surface area contributed by atoms with E-state index < -0.39 is 0 Å². The van der Waals surface area contributed by atoms with Crippen molar-refractivity contribution in [3.05, 3.63) is 60.4 Å². The number of rotatable bonds is 7. The van der Waals surface area contributed by atoms with Gasteiger partial charge in [-0.05, 0) is 60.1 Å². The molecule has 6 nitrogen and oxygen atoms in total. The largest absolute Gasteiger partial charge is 0.497 e. The number of nitrogens with one attached hydrogen (secondary N) is 1. The molecule has 1 heterocycles. The number of aryl methyl sites for hydroxylation is 2. The minimum Gasteiger partial charge on any atom is -0.497 e. The lowest BCUT2D eigenvalue weighted by Crippen LogP contribution is -2.12. The summed E-state index contributed by atoms with van der Waals surface area (Å²) >= 11 is 1.53. The van der Waals surface area contributed by atoms with Gasteiger partial charge in [0.25, 0.3) is 0 Å². The molecule has 0 atom stereocenters. The zero-order valence-corrected chi connectivity index (χ0v) is 15.5. The van der Waals surface area contributed by atoms with Crippen molar-refractivity contribution in [1.29, 1.82) is 0 Å². The number of carbonyl (C=O) groups is 1.